The Morgan fingerprint density at radius 3 is 2.41 bits per heavy atom. The molecule has 128 valence electrons. The summed E-state index contributed by atoms with van der Waals surface area (Å²) in [6.07, 6.45) is 9.58. The third kappa shape index (κ3) is 5.88. The second-order valence-electron chi connectivity index (χ2n) is 7.05. The fourth-order valence-electron chi connectivity index (χ4n) is 3.47. The molecule has 0 radical (unpaired) electrons. The molecule has 0 aromatic carbocycles. The van der Waals surface area contributed by atoms with Gasteiger partial charge in [0.05, 0.1) is 17.1 Å². The molecule has 1 aliphatic carbocycles. The van der Waals surface area contributed by atoms with Crippen LogP contribution in [0.25, 0.3) is 0 Å². The molecule has 1 aliphatic heterocycles. The Labute approximate surface area is 133 Å². The monoisotopic (exact) mass is 331 g/mol. The summed E-state index contributed by atoms with van der Waals surface area (Å²) in [4.78, 5) is 11.9. The van der Waals surface area contributed by atoms with Gasteiger partial charge in [-0.25, -0.2) is 8.42 Å². The molecule has 1 amide bonds. The predicted octanol–water partition coefficient (Wildman–Crippen LogP) is 1.79. The molecule has 0 spiro atoms. The highest BCUT2D eigenvalue weighted by Gasteiger charge is 2.35. The average Bonchev–Trinajstić information content (AvgIpc) is 2.50. The van der Waals surface area contributed by atoms with E-state index in [1.807, 2.05) is 0 Å². The van der Waals surface area contributed by atoms with Crippen molar-refractivity contribution in [3.05, 3.63) is 0 Å². The maximum absolute atomic E-state index is 11.9. The first-order valence-corrected chi connectivity index (χ1v) is 10.4. The van der Waals surface area contributed by atoms with Crippen LogP contribution in [0.2, 0.25) is 0 Å². The summed E-state index contributed by atoms with van der Waals surface area (Å²) >= 11 is 0. The van der Waals surface area contributed by atoms with Crippen LogP contribution in [-0.4, -0.2) is 43.1 Å². The van der Waals surface area contributed by atoms with Crippen molar-refractivity contribution < 1.29 is 18.3 Å². The number of carbonyl (C=O) groups excluding carboxylic acids is 1. The lowest BCUT2D eigenvalue weighted by Crippen LogP contribution is -2.48. The number of sulfone groups is 1. The van der Waals surface area contributed by atoms with Crippen molar-refractivity contribution in [2.45, 2.75) is 69.8 Å². The van der Waals surface area contributed by atoms with Gasteiger partial charge >= 0.3 is 0 Å². The van der Waals surface area contributed by atoms with Crippen LogP contribution in [0.4, 0.5) is 0 Å². The number of nitrogens with one attached hydrogen (secondary N) is 1. The summed E-state index contributed by atoms with van der Waals surface area (Å²) in [5.41, 5.74) is -1.05. The van der Waals surface area contributed by atoms with Gasteiger partial charge in [0.2, 0.25) is 5.91 Å². The van der Waals surface area contributed by atoms with Crippen LogP contribution in [0, 0.1) is 5.92 Å². The van der Waals surface area contributed by atoms with Gasteiger partial charge in [0.25, 0.3) is 0 Å². The molecule has 6 heteroatoms. The fourth-order valence-corrected chi connectivity index (χ4v) is 5.06. The minimum Gasteiger partial charge on any atom is -0.388 e. The lowest BCUT2D eigenvalue weighted by atomic mass is 9.86. The van der Waals surface area contributed by atoms with Gasteiger partial charge in [-0.1, -0.05) is 32.1 Å². The zero-order valence-corrected chi connectivity index (χ0v) is 14.2. The minimum atomic E-state index is -2.99. The molecule has 2 aliphatic rings. The van der Waals surface area contributed by atoms with Gasteiger partial charge in [-0.15, -0.1) is 0 Å². The van der Waals surface area contributed by atoms with Gasteiger partial charge in [0, 0.05) is 13.0 Å². The van der Waals surface area contributed by atoms with E-state index in [1.165, 1.54) is 32.1 Å². The average molecular weight is 331 g/mol. The van der Waals surface area contributed by atoms with E-state index in [2.05, 4.69) is 5.32 Å². The van der Waals surface area contributed by atoms with Crippen LogP contribution in [0.15, 0.2) is 0 Å². The molecule has 2 N–H and O–H groups in total. The summed E-state index contributed by atoms with van der Waals surface area (Å²) in [7, 11) is -2.99. The highest BCUT2D eigenvalue weighted by atomic mass is 32.2. The number of rotatable bonds is 6. The molecular formula is C16H29NO4S. The number of hydrogen-bond donors (Lipinski definition) is 2. The standard InChI is InChI=1S/C16H29NO4S/c18-15(8-4-7-14-5-2-1-3-6-14)17-13-16(19)9-11-22(20,21)12-10-16/h14,19H,1-13H2,(H,17,18). The topological polar surface area (TPSA) is 83.5 Å². The first-order valence-electron chi connectivity index (χ1n) is 8.58. The Kier molecular flexibility index (Phi) is 6.26. The lowest BCUT2D eigenvalue weighted by Gasteiger charge is -2.32. The molecule has 22 heavy (non-hydrogen) atoms. The Morgan fingerprint density at radius 2 is 1.77 bits per heavy atom. The lowest BCUT2D eigenvalue weighted by molar-refractivity contribution is -0.122. The zero-order valence-electron chi connectivity index (χ0n) is 13.3. The van der Waals surface area contributed by atoms with Crippen LogP contribution in [0.5, 0.6) is 0 Å². The van der Waals surface area contributed by atoms with Gasteiger partial charge in [0.1, 0.15) is 0 Å². The Bertz CT molecular complexity index is 455. The highest BCUT2D eigenvalue weighted by Crippen LogP contribution is 2.27. The maximum Gasteiger partial charge on any atom is 0.220 e. The van der Waals surface area contributed by atoms with Gasteiger partial charge in [0.15, 0.2) is 9.84 Å². The molecule has 0 aromatic rings. The molecular weight excluding hydrogens is 302 g/mol. The van der Waals surface area contributed by atoms with Crippen LogP contribution in [0.3, 0.4) is 0 Å². The molecule has 5 nitrogen and oxygen atoms in total. The van der Waals surface area contributed by atoms with Gasteiger partial charge < -0.3 is 10.4 Å². The summed E-state index contributed by atoms with van der Waals surface area (Å²) in [6.45, 7) is 0.171. The van der Waals surface area contributed by atoms with E-state index in [-0.39, 0.29) is 36.8 Å². The number of amides is 1. The number of hydrogen-bond acceptors (Lipinski definition) is 4. The van der Waals surface area contributed by atoms with Crippen molar-refractivity contribution in [1.82, 2.24) is 5.32 Å². The van der Waals surface area contributed by atoms with E-state index in [0.29, 0.717) is 6.42 Å². The minimum absolute atomic E-state index is 0.0149. The predicted molar refractivity (Wildman–Crippen MR) is 86.3 cm³/mol. The maximum atomic E-state index is 11.9. The summed E-state index contributed by atoms with van der Waals surface area (Å²) in [5, 5.41) is 13.1. The second kappa shape index (κ2) is 7.77. The van der Waals surface area contributed by atoms with Crippen LogP contribution in [0.1, 0.15) is 64.2 Å². The first-order chi connectivity index (χ1) is 10.4. The normalized spacial score (nSPS) is 24.8. The van der Waals surface area contributed by atoms with E-state index in [4.69, 9.17) is 0 Å². The van der Waals surface area contributed by atoms with Crippen molar-refractivity contribution in [1.29, 1.82) is 0 Å². The van der Waals surface area contributed by atoms with Crippen LogP contribution in [-0.2, 0) is 14.6 Å². The van der Waals surface area contributed by atoms with Crippen molar-refractivity contribution in [3.63, 3.8) is 0 Å². The molecule has 1 saturated carbocycles. The Balaban J connectivity index is 1.61. The van der Waals surface area contributed by atoms with Crippen molar-refractivity contribution in [3.8, 4) is 0 Å². The van der Waals surface area contributed by atoms with E-state index < -0.39 is 15.4 Å². The van der Waals surface area contributed by atoms with Crippen LogP contribution < -0.4 is 5.32 Å². The third-order valence-electron chi connectivity index (χ3n) is 5.11. The third-order valence-corrected chi connectivity index (χ3v) is 6.76. The van der Waals surface area contributed by atoms with Gasteiger partial charge in [-0.05, 0) is 31.6 Å². The fraction of sp³-hybridized carbons (Fsp3) is 0.938. The summed E-state index contributed by atoms with van der Waals surface area (Å²) in [5.74, 6) is 0.786. The quantitative estimate of drug-likeness (QED) is 0.777. The Morgan fingerprint density at radius 1 is 1.14 bits per heavy atom. The molecule has 0 aromatic heterocycles. The molecule has 0 atom stereocenters. The first kappa shape index (κ1) is 17.7. The van der Waals surface area contributed by atoms with Crippen molar-refractivity contribution in [2.75, 3.05) is 18.1 Å². The van der Waals surface area contributed by atoms with E-state index >= 15 is 0 Å². The summed E-state index contributed by atoms with van der Waals surface area (Å²) < 4.78 is 22.7. The van der Waals surface area contributed by atoms with E-state index in [0.717, 1.165) is 18.8 Å². The van der Waals surface area contributed by atoms with Crippen molar-refractivity contribution in [2.24, 2.45) is 5.92 Å². The van der Waals surface area contributed by atoms with Gasteiger partial charge in [-0.3, -0.25) is 4.79 Å². The molecule has 0 unspecified atom stereocenters. The molecule has 2 rings (SSSR count). The molecule has 2 fully saturated rings. The largest absolute Gasteiger partial charge is 0.388 e. The molecule has 1 saturated heterocycles. The summed E-state index contributed by atoms with van der Waals surface area (Å²) in [6, 6.07) is 0. The molecule has 1 heterocycles. The smallest absolute Gasteiger partial charge is 0.220 e. The number of carbonyl (C=O) groups is 1. The number of aliphatic hydroxyl groups is 1. The van der Waals surface area contributed by atoms with E-state index in [9.17, 15) is 18.3 Å². The highest BCUT2D eigenvalue weighted by molar-refractivity contribution is 7.91. The SMILES string of the molecule is O=C(CCCC1CCCCC1)NCC1(O)CCS(=O)(=O)CC1. The van der Waals surface area contributed by atoms with Crippen molar-refractivity contribution >= 4 is 15.7 Å². The Hall–Kier alpha value is -0.620. The van der Waals surface area contributed by atoms with Gasteiger partial charge in [-0.2, -0.15) is 0 Å². The van der Waals surface area contributed by atoms with E-state index in [1.54, 1.807) is 0 Å². The molecule has 0 bridgehead atoms. The zero-order chi connectivity index (χ0) is 16.1. The second-order valence-corrected chi connectivity index (χ2v) is 9.35. The van der Waals surface area contributed by atoms with Crippen LogP contribution >= 0.6 is 0 Å².